The fraction of sp³-hybridized carbons (Fsp3) is 0. The van der Waals surface area contributed by atoms with E-state index in [9.17, 15) is 9.90 Å². The molecule has 0 aliphatic heterocycles. The highest BCUT2D eigenvalue weighted by atomic mass is 79.9. The molecule has 0 saturated heterocycles. The van der Waals surface area contributed by atoms with Gasteiger partial charge in [-0.05, 0) is 45.8 Å². The molecule has 0 aliphatic carbocycles. The van der Waals surface area contributed by atoms with Crippen molar-refractivity contribution in [2.75, 3.05) is 0 Å². The number of rotatable bonds is 2. The molecule has 0 unspecified atom stereocenters. The van der Waals surface area contributed by atoms with Gasteiger partial charge < -0.3 is 10.8 Å². The SMILES string of the molecule is N#Cc1cc(Br)c(O)c(-c2cccc(C(N)=O)c2)c1. The van der Waals surface area contributed by atoms with Gasteiger partial charge in [0.15, 0.2) is 0 Å². The van der Waals surface area contributed by atoms with Crippen LogP contribution in [0.25, 0.3) is 11.1 Å². The van der Waals surface area contributed by atoms with Crippen LogP contribution >= 0.6 is 15.9 Å². The molecule has 2 rings (SSSR count). The van der Waals surface area contributed by atoms with Crippen LogP contribution in [-0.2, 0) is 0 Å². The molecule has 0 saturated carbocycles. The molecule has 0 aromatic heterocycles. The third-order valence-electron chi connectivity index (χ3n) is 2.65. The molecule has 3 N–H and O–H groups in total. The third-order valence-corrected chi connectivity index (χ3v) is 3.26. The highest BCUT2D eigenvalue weighted by molar-refractivity contribution is 9.10. The number of hydrogen-bond acceptors (Lipinski definition) is 3. The standard InChI is InChI=1S/C14H9BrN2O2/c15-12-5-8(7-16)4-11(13(12)18)9-2-1-3-10(6-9)14(17)19/h1-6,18H,(H2,17,19). The number of halogens is 1. The van der Waals surface area contributed by atoms with Crippen molar-refractivity contribution in [3.05, 3.63) is 52.0 Å². The van der Waals surface area contributed by atoms with E-state index in [-0.39, 0.29) is 5.75 Å². The first-order chi connectivity index (χ1) is 9.02. The summed E-state index contributed by atoms with van der Waals surface area (Å²) in [6.45, 7) is 0. The average Bonchev–Trinajstić information content (AvgIpc) is 2.41. The first kappa shape index (κ1) is 13.1. The number of phenols is 1. The van der Waals surface area contributed by atoms with E-state index in [4.69, 9.17) is 11.0 Å². The number of amides is 1. The summed E-state index contributed by atoms with van der Waals surface area (Å²) in [4.78, 5) is 11.2. The van der Waals surface area contributed by atoms with Crippen molar-refractivity contribution in [1.82, 2.24) is 0 Å². The Morgan fingerprint density at radius 3 is 2.68 bits per heavy atom. The van der Waals surface area contributed by atoms with Crippen LogP contribution in [0.3, 0.4) is 0 Å². The molecule has 0 radical (unpaired) electrons. The van der Waals surface area contributed by atoms with Gasteiger partial charge in [-0.25, -0.2) is 0 Å². The molecule has 0 spiro atoms. The Bertz CT molecular complexity index is 705. The first-order valence-corrected chi connectivity index (χ1v) is 6.15. The van der Waals surface area contributed by atoms with Gasteiger partial charge in [0.25, 0.3) is 0 Å². The molecule has 0 bridgehead atoms. The molecule has 5 heteroatoms. The minimum Gasteiger partial charge on any atom is -0.506 e. The lowest BCUT2D eigenvalue weighted by Crippen LogP contribution is -2.10. The van der Waals surface area contributed by atoms with Gasteiger partial charge in [-0.2, -0.15) is 5.26 Å². The molecule has 4 nitrogen and oxygen atoms in total. The van der Waals surface area contributed by atoms with Gasteiger partial charge in [-0.3, -0.25) is 4.79 Å². The summed E-state index contributed by atoms with van der Waals surface area (Å²) in [7, 11) is 0. The Kier molecular flexibility index (Phi) is 3.54. The Hall–Kier alpha value is -2.32. The van der Waals surface area contributed by atoms with Gasteiger partial charge in [0, 0.05) is 11.1 Å². The average molecular weight is 317 g/mol. The molecule has 19 heavy (non-hydrogen) atoms. The summed E-state index contributed by atoms with van der Waals surface area (Å²) in [6.07, 6.45) is 0. The molecule has 0 fully saturated rings. The fourth-order valence-corrected chi connectivity index (χ4v) is 2.18. The molecule has 0 atom stereocenters. The van der Waals surface area contributed by atoms with Gasteiger partial charge in [0.2, 0.25) is 5.91 Å². The van der Waals surface area contributed by atoms with Crippen molar-refractivity contribution in [3.63, 3.8) is 0 Å². The number of aromatic hydroxyl groups is 1. The third kappa shape index (κ3) is 2.59. The van der Waals surface area contributed by atoms with Crippen molar-refractivity contribution >= 4 is 21.8 Å². The van der Waals surface area contributed by atoms with E-state index in [1.807, 2.05) is 6.07 Å². The summed E-state index contributed by atoms with van der Waals surface area (Å²) in [5.41, 5.74) is 7.06. The lowest BCUT2D eigenvalue weighted by Gasteiger charge is -2.08. The Morgan fingerprint density at radius 2 is 2.05 bits per heavy atom. The largest absolute Gasteiger partial charge is 0.506 e. The zero-order chi connectivity index (χ0) is 14.0. The zero-order valence-electron chi connectivity index (χ0n) is 9.72. The topological polar surface area (TPSA) is 87.1 Å². The smallest absolute Gasteiger partial charge is 0.248 e. The molecule has 1 amide bonds. The Balaban J connectivity index is 2.65. The van der Waals surface area contributed by atoms with Crippen molar-refractivity contribution in [2.45, 2.75) is 0 Å². The summed E-state index contributed by atoms with van der Waals surface area (Å²) >= 11 is 3.19. The van der Waals surface area contributed by atoms with E-state index in [0.717, 1.165) is 0 Å². The number of carbonyl (C=O) groups excluding carboxylic acids is 1. The number of nitriles is 1. The van der Waals surface area contributed by atoms with Crippen molar-refractivity contribution in [3.8, 4) is 22.9 Å². The fourth-order valence-electron chi connectivity index (χ4n) is 1.72. The minimum atomic E-state index is -0.545. The van der Waals surface area contributed by atoms with Crippen molar-refractivity contribution < 1.29 is 9.90 Å². The number of primary amides is 1. The van der Waals surface area contributed by atoms with E-state index < -0.39 is 5.91 Å². The van der Waals surface area contributed by atoms with Gasteiger partial charge in [0.05, 0.1) is 16.1 Å². The van der Waals surface area contributed by atoms with E-state index in [0.29, 0.717) is 26.7 Å². The second kappa shape index (κ2) is 5.12. The Labute approximate surface area is 118 Å². The lowest BCUT2D eigenvalue weighted by molar-refractivity contribution is 0.100. The monoisotopic (exact) mass is 316 g/mol. The number of nitrogens with two attached hydrogens (primary N) is 1. The highest BCUT2D eigenvalue weighted by Gasteiger charge is 2.11. The zero-order valence-corrected chi connectivity index (χ0v) is 11.3. The summed E-state index contributed by atoms with van der Waals surface area (Å²) in [6, 6.07) is 11.7. The number of hydrogen-bond donors (Lipinski definition) is 2. The summed E-state index contributed by atoms with van der Waals surface area (Å²) < 4.78 is 0.422. The first-order valence-electron chi connectivity index (χ1n) is 5.36. The maximum atomic E-state index is 11.2. The number of carbonyl (C=O) groups is 1. The lowest BCUT2D eigenvalue weighted by atomic mass is 10.00. The van der Waals surface area contributed by atoms with E-state index >= 15 is 0 Å². The van der Waals surface area contributed by atoms with Crippen LogP contribution in [0.5, 0.6) is 5.75 Å². The molecule has 0 aliphatic rings. The normalized spacial score (nSPS) is 9.89. The quantitative estimate of drug-likeness (QED) is 0.893. The maximum Gasteiger partial charge on any atom is 0.248 e. The number of phenolic OH excluding ortho intramolecular Hbond substituents is 1. The second-order valence-corrected chi connectivity index (χ2v) is 4.77. The molecule has 2 aromatic rings. The van der Waals surface area contributed by atoms with Gasteiger partial charge >= 0.3 is 0 Å². The molecule has 0 heterocycles. The van der Waals surface area contributed by atoms with Crippen molar-refractivity contribution in [1.29, 1.82) is 5.26 Å². The van der Waals surface area contributed by atoms with Gasteiger partial charge in [-0.1, -0.05) is 12.1 Å². The van der Waals surface area contributed by atoms with Crippen LogP contribution in [0.1, 0.15) is 15.9 Å². The molecular formula is C14H9BrN2O2. The Morgan fingerprint density at radius 1 is 1.32 bits per heavy atom. The van der Waals surface area contributed by atoms with Crippen LogP contribution in [0.15, 0.2) is 40.9 Å². The maximum absolute atomic E-state index is 11.2. The van der Waals surface area contributed by atoms with Crippen LogP contribution in [0.4, 0.5) is 0 Å². The van der Waals surface area contributed by atoms with Crippen LogP contribution in [-0.4, -0.2) is 11.0 Å². The van der Waals surface area contributed by atoms with Crippen molar-refractivity contribution in [2.24, 2.45) is 5.73 Å². The molecule has 2 aromatic carbocycles. The van der Waals surface area contributed by atoms with E-state index in [1.54, 1.807) is 30.3 Å². The number of nitrogens with zero attached hydrogens (tertiary/aromatic N) is 1. The van der Waals surface area contributed by atoms with Gasteiger partial charge in [0.1, 0.15) is 5.75 Å². The van der Waals surface area contributed by atoms with E-state index in [2.05, 4.69) is 15.9 Å². The molecule has 94 valence electrons. The predicted octanol–water partition coefficient (Wildman–Crippen LogP) is 2.79. The molecular weight excluding hydrogens is 308 g/mol. The van der Waals surface area contributed by atoms with Gasteiger partial charge in [-0.15, -0.1) is 0 Å². The minimum absolute atomic E-state index is 0.0145. The predicted molar refractivity (Wildman–Crippen MR) is 74.5 cm³/mol. The second-order valence-electron chi connectivity index (χ2n) is 3.91. The summed E-state index contributed by atoms with van der Waals surface area (Å²) in [5, 5.41) is 19.0. The van der Waals surface area contributed by atoms with Crippen LogP contribution in [0, 0.1) is 11.3 Å². The highest BCUT2D eigenvalue weighted by Crippen LogP contribution is 2.36. The van der Waals surface area contributed by atoms with Crippen LogP contribution in [0.2, 0.25) is 0 Å². The van der Waals surface area contributed by atoms with Crippen LogP contribution < -0.4 is 5.73 Å². The number of benzene rings is 2. The summed E-state index contributed by atoms with van der Waals surface area (Å²) in [5.74, 6) is -0.530. The van der Waals surface area contributed by atoms with E-state index in [1.165, 1.54) is 6.07 Å².